The molecule has 0 saturated carbocycles. The zero-order chi connectivity index (χ0) is 45.3. The lowest BCUT2D eigenvalue weighted by Crippen LogP contribution is -2.51. The number of benzene rings is 4. The highest BCUT2D eigenvalue weighted by atomic mass is 15.3. The van der Waals surface area contributed by atoms with Crippen LogP contribution in [-0.4, -0.2) is 133 Å². The smallest absolute Gasteiger partial charge is 0.132 e. The fraction of sp³-hybridized carbons (Fsp3) is 0.571. The minimum Gasteiger partial charge on any atom is -0.310 e. The first kappa shape index (κ1) is 45.7. The summed E-state index contributed by atoms with van der Waals surface area (Å²) in [5.74, 6) is 1.55. The van der Waals surface area contributed by atoms with E-state index in [4.69, 9.17) is 0 Å². The Hall–Kier alpha value is -3.44. The summed E-state index contributed by atoms with van der Waals surface area (Å²) >= 11 is 0. The average molecular weight is 869 g/mol. The van der Waals surface area contributed by atoms with Crippen molar-refractivity contribution in [3.8, 4) is 0 Å². The van der Waals surface area contributed by atoms with Gasteiger partial charge in [0.2, 0.25) is 0 Å². The van der Waals surface area contributed by atoms with Gasteiger partial charge in [-0.2, -0.15) is 0 Å². The molecule has 0 aliphatic carbocycles. The van der Waals surface area contributed by atoms with Gasteiger partial charge in [-0.05, 0) is 122 Å². The highest BCUT2D eigenvalue weighted by Crippen LogP contribution is 2.46. The number of fused-ring (bicyclic) bond motifs is 8. The molecule has 8 atom stereocenters. The molecule has 0 spiro atoms. The van der Waals surface area contributed by atoms with Crippen LogP contribution >= 0.6 is 0 Å². The first-order chi connectivity index (χ1) is 30.2. The third-order valence-corrected chi connectivity index (χ3v) is 16.5. The molecule has 5 heterocycles. The Bertz CT molecular complexity index is 1830. The predicted molar refractivity (Wildman–Crippen MR) is 275 cm³/mol. The summed E-state index contributed by atoms with van der Waals surface area (Å²) in [5, 5.41) is 17.9. The Morgan fingerprint density at radius 3 is 0.516 bits per heavy atom. The van der Waals surface area contributed by atoms with E-state index in [0.717, 1.165) is 17.9 Å². The van der Waals surface area contributed by atoms with E-state index in [1.165, 1.54) is 96.4 Å². The van der Waals surface area contributed by atoms with Crippen molar-refractivity contribution in [2.45, 2.75) is 123 Å². The number of nitrogens with one attached hydrogen (secondary N) is 4. The second kappa shape index (κ2) is 17.3. The number of hydrogen-bond acceptors (Lipinski definition) is 4. The molecule has 0 amide bonds. The average Bonchev–Trinajstić information content (AvgIpc) is 4.08. The highest BCUT2D eigenvalue weighted by Gasteiger charge is 2.49. The van der Waals surface area contributed by atoms with Gasteiger partial charge in [-0.15, -0.1) is 0 Å². The quantitative estimate of drug-likeness (QED) is 0.135. The van der Waals surface area contributed by atoms with E-state index in [0.29, 0.717) is 72.0 Å². The molecular formula is C56H84N8+4. The zero-order valence-corrected chi connectivity index (χ0v) is 41.6. The van der Waals surface area contributed by atoms with Gasteiger partial charge >= 0.3 is 0 Å². The zero-order valence-electron chi connectivity index (χ0n) is 41.6. The molecular weight excluding hydrogens is 785 g/mol. The van der Waals surface area contributed by atoms with Crippen LogP contribution in [0.2, 0.25) is 0 Å². The maximum atomic E-state index is 4.48. The van der Waals surface area contributed by atoms with Crippen LogP contribution in [0, 0.1) is 0 Å². The van der Waals surface area contributed by atoms with Crippen molar-refractivity contribution in [1.82, 2.24) is 39.2 Å². The van der Waals surface area contributed by atoms with Crippen LogP contribution in [0.15, 0.2) is 97.1 Å². The van der Waals surface area contributed by atoms with Crippen molar-refractivity contribution in [2.75, 3.05) is 84.6 Å². The van der Waals surface area contributed by atoms with E-state index in [9.17, 15) is 0 Å². The lowest BCUT2D eigenvalue weighted by molar-refractivity contribution is 0.305. The Morgan fingerprint density at radius 2 is 0.391 bits per heavy atom. The SMILES string of the molecule is C[N+](C)(C)c1ccc(C2C3CCC(N3)C(c3ccc([N+](C)(C)C)cc3)C3CCC(N3)C(c3ccc([N+](C)(C)C)cc3)C3CCC(N3)C(c3ccc([N+](C)(C)C)cc3)C3CCC2N3)cc1. The Balaban J connectivity index is 1.14. The molecule has 4 N–H and O–H groups in total. The van der Waals surface area contributed by atoms with Crippen LogP contribution in [0.1, 0.15) is 97.3 Å². The first-order valence-corrected chi connectivity index (χ1v) is 24.9. The van der Waals surface area contributed by atoms with Crippen molar-refractivity contribution in [2.24, 2.45) is 0 Å². The van der Waals surface area contributed by atoms with Crippen LogP contribution in [0.3, 0.4) is 0 Å². The Labute approximate surface area is 387 Å². The predicted octanol–water partition coefficient (Wildman–Crippen LogP) is 8.40. The van der Waals surface area contributed by atoms with Crippen LogP contribution in [0.4, 0.5) is 22.7 Å². The lowest BCUT2D eigenvalue weighted by atomic mass is 9.82. The molecule has 4 aromatic carbocycles. The Morgan fingerprint density at radius 1 is 0.250 bits per heavy atom. The van der Waals surface area contributed by atoms with Gasteiger partial charge in [0, 0.05) is 72.0 Å². The third kappa shape index (κ3) is 9.28. The van der Waals surface area contributed by atoms with E-state index < -0.39 is 0 Å². The number of nitrogens with zero attached hydrogens (tertiary/aromatic N) is 4. The van der Waals surface area contributed by atoms with E-state index in [-0.39, 0.29) is 0 Å². The summed E-state index contributed by atoms with van der Waals surface area (Å²) in [4.78, 5) is 0. The molecule has 4 aromatic rings. The molecule has 5 saturated heterocycles. The van der Waals surface area contributed by atoms with E-state index in [1.54, 1.807) is 0 Å². The van der Waals surface area contributed by atoms with Gasteiger partial charge in [0.15, 0.2) is 0 Å². The molecule has 8 heteroatoms. The van der Waals surface area contributed by atoms with E-state index in [1.807, 2.05) is 0 Å². The fourth-order valence-corrected chi connectivity index (χ4v) is 13.0. The van der Waals surface area contributed by atoms with Gasteiger partial charge in [-0.1, -0.05) is 48.5 Å². The molecule has 5 aliphatic rings. The van der Waals surface area contributed by atoms with Gasteiger partial charge in [0.1, 0.15) is 22.7 Å². The second-order valence-electron chi connectivity index (χ2n) is 24.3. The normalized spacial score (nSPS) is 32.6. The van der Waals surface area contributed by atoms with Crippen molar-refractivity contribution < 1.29 is 0 Å². The van der Waals surface area contributed by atoms with Crippen LogP contribution in [0.5, 0.6) is 0 Å². The maximum Gasteiger partial charge on any atom is 0.132 e. The molecule has 9 rings (SSSR count). The molecule has 64 heavy (non-hydrogen) atoms. The summed E-state index contributed by atoms with van der Waals surface area (Å²) in [7, 11) is 27.4. The largest absolute Gasteiger partial charge is 0.310 e. The van der Waals surface area contributed by atoms with Crippen molar-refractivity contribution in [3.63, 3.8) is 0 Å². The first-order valence-electron chi connectivity index (χ1n) is 24.9. The van der Waals surface area contributed by atoms with Gasteiger partial charge in [-0.3, -0.25) is 17.9 Å². The summed E-state index contributed by atoms with van der Waals surface area (Å²) in [6, 6.07) is 42.3. The molecule has 5 aliphatic heterocycles. The minimum atomic E-state index is 0.388. The lowest BCUT2D eigenvalue weighted by Gasteiger charge is -2.38. The molecule has 8 nitrogen and oxygen atoms in total. The summed E-state index contributed by atoms with van der Waals surface area (Å²) in [5.41, 5.74) is 11.4. The van der Waals surface area contributed by atoms with Gasteiger partial charge in [-0.25, -0.2) is 0 Å². The number of rotatable bonds is 8. The number of quaternary nitrogens is 4. The standard InChI is InChI=1S/C56H84N8/c1-61(2,3)41-21-13-37(14-22-41)53-45-29-31-47(57-45)54(38-15-23-42(24-16-38)62(4,5)6)49-33-35-51(59-49)56(40-19-27-44(28-20-40)64(10,11)12)52-36-34-50(60-52)55(48-32-30-46(53)58-48)39-17-25-43(26-18-39)63(7,8)9/h13-28,45-60H,29-36H2,1-12H3/q+4. The van der Waals surface area contributed by atoms with E-state index in [2.05, 4.69) is 203 Å². The molecule has 8 bridgehead atoms. The van der Waals surface area contributed by atoms with E-state index >= 15 is 0 Å². The van der Waals surface area contributed by atoms with Crippen molar-refractivity contribution >= 4 is 22.7 Å². The summed E-state index contributed by atoms with van der Waals surface area (Å²) in [6.45, 7) is 0. The third-order valence-electron chi connectivity index (χ3n) is 16.5. The Kier molecular flexibility index (Phi) is 12.4. The molecule has 0 radical (unpaired) electrons. The van der Waals surface area contributed by atoms with Crippen molar-refractivity contribution in [3.05, 3.63) is 119 Å². The summed E-state index contributed by atoms with van der Waals surface area (Å²) < 4.78 is 3.31. The monoisotopic (exact) mass is 869 g/mol. The van der Waals surface area contributed by atoms with Crippen LogP contribution in [-0.2, 0) is 0 Å². The van der Waals surface area contributed by atoms with Crippen molar-refractivity contribution in [1.29, 1.82) is 0 Å². The van der Waals surface area contributed by atoms with Crippen LogP contribution in [0.25, 0.3) is 0 Å². The van der Waals surface area contributed by atoms with Gasteiger partial charge < -0.3 is 21.3 Å². The molecule has 8 unspecified atom stereocenters. The van der Waals surface area contributed by atoms with Gasteiger partial charge in [0.05, 0.1) is 84.6 Å². The second-order valence-corrected chi connectivity index (χ2v) is 24.3. The highest BCUT2D eigenvalue weighted by molar-refractivity contribution is 5.48. The van der Waals surface area contributed by atoms with Gasteiger partial charge in [0.25, 0.3) is 0 Å². The molecule has 344 valence electrons. The fourth-order valence-electron chi connectivity index (χ4n) is 13.0. The van der Waals surface area contributed by atoms with Crippen LogP contribution < -0.4 is 39.2 Å². The summed E-state index contributed by atoms with van der Waals surface area (Å²) in [6.07, 6.45) is 9.57. The topological polar surface area (TPSA) is 48.1 Å². The number of hydrogen-bond donors (Lipinski definition) is 4. The minimum absolute atomic E-state index is 0.388. The molecule has 5 fully saturated rings. The maximum absolute atomic E-state index is 4.48. The molecule has 0 aromatic heterocycles.